The molecule has 1 fully saturated rings. The van der Waals surface area contributed by atoms with E-state index < -0.39 is 42.9 Å². The van der Waals surface area contributed by atoms with Gasteiger partial charge in [0.05, 0.1) is 5.56 Å². The third kappa shape index (κ3) is 6.12. The van der Waals surface area contributed by atoms with E-state index >= 15 is 0 Å². The summed E-state index contributed by atoms with van der Waals surface area (Å²) in [7, 11) is 0. The highest BCUT2D eigenvalue weighted by atomic mass is 19.4. The Balaban J connectivity index is 1.84. The van der Waals surface area contributed by atoms with E-state index in [9.17, 15) is 35.9 Å². The molecule has 0 aliphatic carbocycles. The Kier molecular flexibility index (Phi) is 6.34. The van der Waals surface area contributed by atoms with Crippen molar-refractivity contribution in [1.29, 1.82) is 0 Å². The van der Waals surface area contributed by atoms with E-state index in [1.54, 1.807) is 0 Å². The Morgan fingerprint density at radius 3 is 1.89 bits per heavy atom. The molecule has 11 heteroatoms. The lowest BCUT2D eigenvalue weighted by Gasteiger charge is -2.34. The predicted octanol–water partition coefficient (Wildman–Crippen LogP) is 2.57. The number of carbonyl (C=O) groups excluding carboxylic acids is 2. The van der Waals surface area contributed by atoms with Crippen LogP contribution >= 0.6 is 0 Å². The van der Waals surface area contributed by atoms with Crippen LogP contribution in [0.15, 0.2) is 24.3 Å². The van der Waals surface area contributed by atoms with Crippen molar-refractivity contribution in [3.8, 4) is 0 Å². The largest absolute Gasteiger partial charge is 0.416 e. The number of amides is 2. The molecule has 0 aromatic heterocycles. The molecule has 2 amide bonds. The lowest BCUT2D eigenvalue weighted by molar-refractivity contribution is -0.178. The minimum Gasteiger partial charge on any atom is -0.362 e. The molecule has 0 spiro atoms. The Bertz CT molecular complexity index is 664. The fourth-order valence-electron chi connectivity index (χ4n) is 2.49. The highest BCUT2D eigenvalue weighted by molar-refractivity contribution is 5.94. The molecule has 0 unspecified atom stereocenters. The van der Waals surface area contributed by atoms with Crippen LogP contribution in [0.3, 0.4) is 0 Å². The van der Waals surface area contributed by atoms with Gasteiger partial charge in [-0.2, -0.15) is 26.3 Å². The molecular weight excluding hydrogens is 382 g/mol. The lowest BCUT2D eigenvalue weighted by Crippen LogP contribution is -2.51. The summed E-state index contributed by atoms with van der Waals surface area (Å²) in [4.78, 5) is 26.7. The second-order valence-corrected chi connectivity index (χ2v) is 5.86. The number of piperazine rings is 1. The maximum atomic E-state index is 12.5. The molecule has 0 saturated carbocycles. The molecule has 0 atom stereocenters. The molecule has 0 N–H and O–H groups in total. The Hall–Kier alpha value is -2.30. The molecule has 27 heavy (non-hydrogen) atoms. The van der Waals surface area contributed by atoms with E-state index in [0.717, 1.165) is 24.3 Å². The van der Waals surface area contributed by atoms with Crippen molar-refractivity contribution in [2.45, 2.75) is 12.4 Å². The van der Waals surface area contributed by atoms with Crippen LogP contribution in [0.5, 0.6) is 0 Å². The standard InChI is InChI=1S/C16H16F6N2O3/c17-15(18,19)10-27-9-13(25)23-5-7-24(8-6-23)14(26)11-1-3-12(4-2-11)16(20,21)22/h1-4H,5-10H2. The molecule has 5 nitrogen and oxygen atoms in total. The predicted molar refractivity (Wildman–Crippen MR) is 80.8 cm³/mol. The summed E-state index contributed by atoms with van der Waals surface area (Å²) in [6.07, 6.45) is -9.02. The fourth-order valence-corrected chi connectivity index (χ4v) is 2.49. The van der Waals surface area contributed by atoms with Gasteiger partial charge in [-0.1, -0.05) is 0 Å². The van der Waals surface area contributed by atoms with E-state index in [0.29, 0.717) is 0 Å². The number of hydrogen-bond acceptors (Lipinski definition) is 3. The van der Waals surface area contributed by atoms with Gasteiger partial charge < -0.3 is 14.5 Å². The summed E-state index contributed by atoms with van der Waals surface area (Å²) in [6, 6.07) is 3.78. The van der Waals surface area contributed by atoms with Crippen LogP contribution in [-0.4, -0.2) is 67.2 Å². The molecule has 1 heterocycles. The zero-order valence-corrected chi connectivity index (χ0v) is 13.9. The molecule has 1 saturated heterocycles. The van der Waals surface area contributed by atoms with E-state index in [4.69, 9.17) is 0 Å². The van der Waals surface area contributed by atoms with Gasteiger partial charge in [-0.3, -0.25) is 9.59 Å². The highest BCUT2D eigenvalue weighted by Crippen LogP contribution is 2.29. The summed E-state index contributed by atoms with van der Waals surface area (Å²) < 4.78 is 77.9. The SMILES string of the molecule is O=C(COCC(F)(F)F)N1CCN(C(=O)c2ccc(C(F)(F)F)cc2)CC1. The molecule has 1 aliphatic heterocycles. The van der Waals surface area contributed by atoms with Gasteiger partial charge in [0.1, 0.15) is 13.2 Å². The number of benzene rings is 1. The van der Waals surface area contributed by atoms with E-state index in [1.165, 1.54) is 9.80 Å². The quantitative estimate of drug-likeness (QED) is 0.733. The smallest absolute Gasteiger partial charge is 0.362 e. The molecule has 1 aromatic carbocycles. The first-order chi connectivity index (χ1) is 12.5. The van der Waals surface area contributed by atoms with Gasteiger partial charge in [0.2, 0.25) is 5.91 Å². The van der Waals surface area contributed by atoms with Crippen molar-refractivity contribution < 1.29 is 40.7 Å². The number of halogens is 6. The first-order valence-electron chi connectivity index (χ1n) is 7.86. The number of carbonyl (C=O) groups is 2. The van der Waals surface area contributed by atoms with E-state index in [1.807, 2.05) is 0 Å². The number of hydrogen-bond donors (Lipinski definition) is 0. The third-order valence-corrected chi connectivity index (χ3v) is 3.87. The van der Waals surface area contributed by atoms with Crippen LogP contribution in [0.4, 0.5) is 26.3 Å². The Morgan fingerprint density at radius 1 is 0.889 bits per heavy atom. The maximum absolute atomic E-state index is 12.5. The van der Waals surface area contributed by atoms with Gasteiger partial charge in [-0.15, -0.1) is 0 Å². The van der Waals surface area contributed by atoms with Crippen molar-refractivity contribution in [1.82, 2.24) is 9.80 Å². The number of alkyl halides is 6. The molecule has 1 aromatic rings. The summed E-state index contributed by atoms with van der Waals surface area (Å²) in [5.41, 5.74) is -0.787. The molecule has 2 rings (SSSR count). The highest BCUT2D eigenvalue weighted by Gasteiger charge is 2.31. The normalized spacial score (nSPS) is 15.8. The van der Waals surface area contributed by atoms with Crippen LogP contribution in [0.25, 0.3) is 0 Å². The Labute approximate surface area is 150 Å². The molecule has 0 radical (unpaired) electrons. The van der Waals surface area contributed by atoms with Crippen LogP contribution in [0, 0.1) is 0 Å². The topological polar surface area (TPSA) is 49.9 Å². The van der Waals surface area contributed by atoms with E-state index in [2.05, 4.69) is 4.74 Å². The second kappa shape index (κ2) is 8.15. The summed E-state index contributed by atoms with van der Waals surface area (Å²) >= 11 is 0. The summed E-state index contributed by atoms with van der Waals surface area (Å²) in [5, 5.41) is 0. The minimum absolute atomic E-state index is 0.0799. The zero-order chi connectivity index (χ0) is 20.2. The average molecular weight is 398 g/mol. The van der Waals surface area contributed by atoms with Crippen molar-refractivity contribution in [3.05, 3.63) is 35.4 Å². The van der Waals surface area contributed by atoms with Crippen LogP contribution in [0.1, 0.15) is 15.9 Å². The van der Waals surface area contributed by atoms with Crippen LogP contribution < -0.4 is 0 Å². The Morgan fingerprint density at radius 2 is 1.41 bits per heavy atom. The van der Waals surface area contributed by atoms with Crippen LogP contribution in [0.2, 0.25) is 0 Å². The third-order valence-electron chi connectivity index (χ3n) is 3.87. The van der Waals surface area contributed by atoms with Crippen LogP contribution in [-0.2, 0) is 15.7 Å². The van der Waals surface area contributed by atoms with Gasteiger partial charge in [0.15, 0.2) is 0 Å². The molecular formula is C16H16F6N2O3. The van der Waals surface area contributed by atoms with Crippen molar-refractivity contribution in [2.24, 2.45) is 0 Å². The fraction of sp³-hybridized carbons (Fsp3) is 0.500. The first-order valence-corrected chi connectivity index (χ1v) is 7.86. The van der Waals surface area contributed by atoms with Crippen molar-refractivity contribution in [2.75, 3.05) is 39.4 Å². The maximum Gasteiger partial charge on any atom is 0.416 e. The average Bonchev–Trinajstić information content (AvgIpc) is 2.59. The lowest BCUT2D eigenvalue weighted by atomic mass is 10.1. The number of nitrogens with zero attached hydrogens (tertiary/aromatic N) is 2. The first kappa shape index (κ1) is 21.0. The summed E-state index contributed by atoms with van der Waals surface area (Å²) in [6.45, 7) is -1.81. The van der Waals surface area contributed by atoms with Gasteiger partial charge in [-0.05, 0) is 24.3 Å². The number of rotatable bonds is 4. The van der Waals surface area contributed by atoms with Gasteiger partial charge >= 0.3 is 12.4 Å². The van der Waals surface area contributed by atoms with Gasteiger partial charge in [0.25, 0.3) is 5.91 Å². The molecule has 150 valence electrons. The second-order valence-electron chi connectivity index (χ2n) is 5.86. The van der Waals surface area contributed by atoms with Crippen molar-refractivity contribution >= 4 is 11.8 Å². The monoisotopic (exact) mass is 398 g/mol. The number of ether oxygens (including phenoxy) is 1. The molecule has 1 aliphatic rings. The minimum atomic E-state index is -4.52. The summed E-state index contributed by atoms with van der Waals surface area (Å²) in [5.74, 6) is -1.11. The van der Waals surface area contributed by atoms with Gasteiger partial charge in [0, 0.05) is 31.7 Å². The zero-order valence-electron chi connectivity index (χ0n) is 13.9. The van der Waals surface area contributed by atoms with Crippen molar-refractivity contribution in [3.63, 3.8) is 0 Å². The van der Waals surface area contributed by atoms with Gasteiger partial charge in [-0.25, -0.2) is 0 Å². The molecule has 0 bridgehead atoms. The van der Waals surface area contributed by atoms with E-state index in [-0.39, 0.29) is 31.7 Å².